The lowest BCUT2D eigenvalue weighted by molar-refractivity contribution is 0.0633. The van der Waals surface area contributed by atoms with Crippen LogP contribution in [0.5, 0.6) is 5.75 Å². The summed E-state index contributed by atoms with van der Waals surface area (Å²) in [4.78, 5) is 28.5. The summed E-state index contributed by atoms with van der Waals surface area (Å²) in [7, 11) is 3.56. The summed E-state index contributed by atoms with van der Waals surface area (Å²) in [6.07, 6.45) is 0. The first-order valence-corrected chi connectivity index (χ1v) is 7.18. The van der Waals surface area contributed by atoms with Crippen molar-refractivity contribution in [3.63, 3.8) is 0 Å². The number of amides is 1. The molecule has 1 fully saturated rings. The van der Waals surface area contributed by atoms with E-state index in [2.05, 4.69) is 4.90 Å². The molecule has 0 bridgehead atoms. The molecular formula is C16H18N2O4. The van der Waals surface area contributed by atoms with Gasteiger partial charge in [-0.2, -0.15) is 0 Å². The molecule has 6 nitrogen and oxygen atoms in total. The molecule has 6 heteroatoms. The van der Waals surface area contributed by atoms with Gasteiger partial charge in [-0.25, -0.2) is 0 Å². The maximum absolute atomic E-state index is 12.5. The molecule has 0 atom stereocenters. The van der Waals surface area contributed by atoms with Gasteiger partial charge >= 0.3 is 0 Å². The summed E-state index contributed by atoms with van der Waals surface area (Å²) in [5, 5.41) is 0.440. The molecule has 0 saturated carbocycles. The SMILES string of the molecule is COc1ccc2c(=O)cc(C(=O)N3CCN(C)CC3)oc2c1. The first-order valence-electron chi connectivity index (χ1n) is 7.18. The molecule has 22 heavy (non-hydrogen) atoms. The lowest BCUT2D eigenvalue weighted by atomic mass is 10.2. The van der Waals surface area contributed by atoms with Crippen LogP contribution in [0.15, 0.2) is 33.5 Å². The van der Waals surface area contributed by atoms with Crippen molar-refractivity contribution in [2.75, 3.05) is 40.3 Å². The Morgan fingerprint density at radius 1 is 1.18 bits per heavy atom. The van der Waals surface area contributed by atoms with E-state index in [0.717, 1.165) is 13.1 Å². The predicted molar refractivity (Wildman–Crippen MR) is 82.4 cm³/mol. The van der Waals surface area contributed by atoms with Crippen molar-refractivity contribution < 1.29 is 13.9 Å². The van der Waals surface area contributed by atoms with E-state index in [4.69, 9.17) is 9.15 Å². The van der Waals surface area contributed by atoms with Gasteiger partial charge in [0.2, 0.25) is 0 Å². The summed E-state index contributed by atoms with van der Waals surface area (Å²) in [5.74, 6) is 0.421. The number of carbonyl (C=O) groups is 1. The van der Waals surface area contributed by atoms with E-state index in [1.54, 1.807) is 30.2 Å². The van der Waals surface area contributed by atoms with Gasteiger partial charge in [0.25, 0.3) is 5.91 Å². The third kappa shape index (κ3) is 2.69. The topological polar surface area (TPSA) is 63.0 Å². The van der Waals surface area contributed by atoms with Crippen LogP contribution >= 0.6 is 0 Å². The van der Waals surface area contributed by atoms with Gasteiger partial charge in [-0.3, -0.25) is 9.59 Å². The first kappa shape index (κ1) is 14.6. The van der Waals surface area contributed by atoms with Crippen molar-refractivity contribution in [1.82, 2.24) is 9.80 Å². The van der Waals surface area contributed by atoms with E-state index in [-0.39, 0.29) is 17.1 Å². The number of benzene rings is 1. The van der Waals surface area contributed by atoms with Crippen LogP contribution in [0.4, 0.5) is 0 Å². The number of rotatable bonds is 2. The monoisotopic (exact) mass is 302 g/mol. The van der Waals surface area contributed by atoms with Gasteiger partial charge in [0.1, 0.15) is 11.3 Å². The second kappa shape index (κ2) is 5.81. The average molecular weight is 302 g/mol. The molecule has 1 aromatic heterocycles. The van der Waals surface area contributed by atoms with Gasteiger partial charge in [-0.1, -0.05) is 0 Å². The number of hydrogen-bond acceptors (Lipinski definition) is 5. The summed E-state index contributed by atoms with van der Waals surface area (Å²) >= 11 is 0. The fraction of sp³-hybridized carbons (Fsp3) is 0.375. The number of nitrogens with zero attached hydrogens (tertiary/aromatic N) is 2. The number of hydrogen-bond donors (Lipinski definition) is 0. The first-order chi connectivity index (χ1) is 10.6. The lowest BCUT2D eigenvalue weighted by Crippen LogP contribution is -2.47. The highest BCUT2D eigenvalue weighted by Crippen LogP contribution is 2.20. The molecule has 2 aromatic rings. The Bertz CT molecular complexity index is 760. The second-order valence-corrected chi connectivity index (χ2v) is 5.43. The van der Waals surface area contributed by atoms with Crippen molar-refractivity contribution in [2.24, 2.45) is 0 Å². The standard InChI is InChI=1S/C16H18N2O4/c1-17-5-7-18(8-6-17)16(20)15-10-13(19)12-4-3-11(21-2)9-14(12)22-15/h3-4,9-10H,5-8H2,1-2H3. The van der Waals surface area contributed by atoms with Crippen LogP contribution in [0.1, 0.15) is 10.6 Å². The van der Waals surface area contributed by atoms with Gasteiger partial charge in [-0.05, 0) is 19.2 Å². The Kier molecular flexibility index (Phi) is 3.85. The summed E-state index contributed by atoms with van der Waals surface area (Å²) < 4.78 is 10.8. The van der Waals surface area contributed by atoms with Crippen LogP contribution in [0, 0.1) is 0 Å². The molecule has 1 aromatic carbocycles. The fourth-order valence-corrected chi connectivity index (χ4v) is 2.53. The Morgan fingerprint density at radius 2 is 1.91 bits per heavy atom. The zero-order chi connectivity index (χ0) is 15.7. The van der Waals surface area contributed by atoms with Crippen LogP contribution in [0.25, 0.3) is 11.0 Å². The maximum atomic E-state index is 12.5. The van der Waals surface area contributed by atoms with E-state index in [1.807, 2.05) is 7.05 Å². The number of likely N-dealkylation sites (N-methyl/N-ethyl adjacent to an activating group) is 1. The van der Waals surface area contributed by atoms with E-state index in [0.29, 0.717) is 29.8 Å². The molecular weight excluding hydrogens is 284 g/mol. The zero-order valence-corrected chi connectivity index (χ0v) is 12.7. The van der Waals surface area contributed by atoms with Crippen molar-refractivity contribution >= 4 is 16.9 Å². The molecule has 116 valence electrons. The smallest absolute Gasteiger partial charge is 0.289 e. The molecule has 0 N–H and O–H groups in total. The third-order valence-electron chi connectivity index (χ3n) is 3.94. The van der Waals surface area contributed by atoms with Crippen molar-refractivity contribution in [3.8, 4) is 5.75 Å². The van der Waals surface area contributed by atoms with E-state index in [9.17, 15) is 9.59 Å². The van der Waals surface area contributed by atoms with Crippen LogP contribution in [-0.4, -0.2) is 56.0 Å². The maximum Gasteiger partial charge on any atom is 0.289 e. The molecule has 1 aliphatic rings. The number of ether oxygens (including phenoxy) is 1. The van der Waals surface area contributed by atoms with E-state index < -0.39 is 0 Å². The molecule has 0 spiro atoms. The van der Waals surface area contributed by atoms with Gasteiger partial charge in [0, 0.05) is 38.3 Å². The third-order valence-corrected chi connectivity index (χ3v) is 3.94. The van der Waals surface area contributed by atoms with Gasteiger partial charge in [0.05, 0.1) is 12.5 Å². The highest BCUT2D eigenvalue weighted by molar-refractivity contribution is 5.93. The van der Waals surface area contributed by atoms with Gasteiger partial charge in [0.15, 0.2) is 11.2 Å². The molecule has 0 radical (unpaired) electrons. The number of carbonyl (C=O) groups excluding carboxylic acids is 1. The summed E-state index contributed by atoms with van der Waals surface area (Å²) in [5.41, 5.74) is 0.144. The number of fused-ring (bicyclic) bond motifs is 1. The Labute approximate surface area is 127 Å². The molecule has 2 heterocycles. The normalized spacial score (nSPS) is 16.0. The zero-order valence-electron chi connectivity index (χ0n) is 12.7. The molecule has 1 aliphatic heterocycles. The van der Waals surface area contributed by atoms with Gasteiger partial charge in [-0.15, -0.1) is 0 Å². The van der Waals surface area contributed by atoms with Crippen molar-refractivity contribution in [3.05, 3.63) is 40.2 Å². The quantitative estimate of drug-likeness (QED) is 0.834. The average Bonchev–Trinajstić information content (AvgIpc) is 2.54. The van der Waals surface area contributed by atoms with Crippen molar-refractivity contribution in [2.45, 2.75) is 0 Å². The predicted octanol–water partition coefficient (Wildman–Crippen LogP) is 1.19. The van der Waals surface area contributed by atoms with Crippen LogP contribution < -0.4 is 10.2 Å². The Balaban J connectivity index is 1.96. The molecule has 0 aliphatic carbocycles. The minimum Gasteiger partial charge on any atom is -0.497 e. The number of methoxy groups -OCH3 is 1. The molecule has 3 rings (SSSR count). The lowest BCUT2D eigenvalue weighted by Gasteiger charge is -2.31. The Hall–Kier alpha value is -2.34. The summed E-state index contributed by atoms with van der Waals surface area (Å²) in [6, 6.07) is 6.23. The largest absolute Gasteiger partial charge is 0.497 e. The summed E-state index contributed by atoms with van der Waals surface area (Å²) in [6.45, 7) is 2.90. The molecule has 1 amide bonds. The molecule has 0 unspecified atom stereocenters. The van der Waals surface area contributed by atoms with Gasteiger partial charge < -0.3 is 19.0 Å². The van der Waals surface area contributed by atoms with Crippen molar-refractivity contribution in [1.29, 1.82) is 0 Å². The number of piperazine rings is 1. The van der Waals surface area contributed by atoms with Crippen LogP contribution in [0.2, 0.25) is 0 Å². The van der Waals surface area contributed by atoms with E-state index >= 15 is 0 Å². The minimum absolute atomic E-state index is 0.0790. The van der Waals surface area contributed by atoms with Crippen LogP contribution in [0.3, 0.4) is 0 Å². The molecule has 1 saturated heterocycles. The minimum atomic E-state index is -0.241. The second-order valence-electron chi connectivity index (χ2n) is 5.43. The highest BCUT2D eigenvalue weighted by Gasteiger charge is 2.23. The fourth-order valence-electron chi connectivity index (χ4n) is 2.53. The highest BCUT2D eigenvalue weighted by atomic mass is 16.5. The van der Waals surface area contributed by atoms with E-state index in [1.165, 1.54) is 6.07 Å². The Morgan fingerprint density at radius 3 is 2.59 bits per heavy atom. The van der Waals surface area contributed by atoms with Crippen LogP contribution in [-0.2, 0) is 0 Å².